The van der Waals surface area contributed by atoms with Gasteiger partial charge in [-0.1, -0.05) is 20.8 Å². The molecule has 7 nitrogen and oxygen atoms in total. The normalized spacial score (nSPS) is 15.7. The van der Waals surface area contributed by atoms with Gasteiger partial charge in [-0.15, -0.1) is 0 Å². The quantitative estimate of drug-likeness (QED) is 0.866. The monoisotopic (exact) mass is 381 g/mol. The van der Waals surface area contributed by atoms with Crippen LogP contribution in [0.15, 0.2) is 29.2 Å². The molecule has 1 aliphatic rings. The van der Waals surface area contributed by atoms with Gasteiger partial charge >= 0.3 is 6.03 Å². The Labute approximate surface area is 155 Å². The van der Waals surface area contributed by atoms with Gasteiger partial charge < -0.3 is 15.1 Å². The van der Waals surface area contributed by atoms with Crippen molar-refractivity contribution in [1.29, 1.82) is 0 Å². The van der Waals surface area contributed by atoms with Crippen LogP contribution in [0.25, 0.3) is 0 Å². The summed E-state index contributed by atoms with van der Waals surface area (Å²) < 4.78 is 23.7. The van der Waals surface area contributed by atoms with Crippen molar-refractivity contribution in [3.05, 3.63) is 24.3 Å². The molecular formula is C18H27N3O4S. The van der Waals surface area contributed by atoms with Crippen LogP contribution in [0.2, 0.25) is 0 Å². The van der Waals surface area contributed by atoms with Crippen molar-refractivity contribution in [2.24, 2.45) is 5.92 Å². The summed E-state index contributed by atoms with van der Waals surface area (Å²) in [4.78, 5) is 28.3. The largest absolute Gasteiger partial charge is 0.341 e. The standard InChI is InChI=1S/C18H27N3O4S/c1-4-26(24,25)16-8-6-15(7-9-16)19-18(23)21-11-5-10-20(12-13-21)17(22)14(2)3/h6-9,14H,4-5,10-13H2,1-3H3,(H,19,23). The van der Waals surface area contributed by atoms with Crippen LogP contribution >= 0.6 is 0 Å². The maximum absolute atomic E-state index is 12.5. The lowest BCUT2D eigenvalue weighted by atomic mass is 10.2. The Kier molecular flexibility index (Phi) is 6.63. The number of urea groups is 1. The van der Waals surface area contributed by atoms with E-state index in [1.165, 1.54) is 12.1 Å². The average Bonchev–Trinajstić information content (AvgIpc) is 2.87. The van der Waals surface area contributed by atoms with Crippen molar-refractivity contribution < 1.29 is 18.0 Å². The topological polar surface area (TPSA) is 86.8 Å². The van der Waals surface area contributed by atoms with Gasteiger partial charge in [-0.3, -0.25) is 4.79 Å². The predicted octanol–water partition coefficient (Wildman–Crippen LogP) is 2.20. The Morgan fingerprint density at radius 2 is 1.62 bits per heavy atom. The Balaban J connectivity index is 1.96. The summed E-state index contributed by atoms with van der Waals surface area (Å²) in [6.07, 6.45) is 0.736. The first-order valence-corrected chi connectivity index (χ1v) is 10.6. The first-order chi connectivity index (χ1) is 12.2. The summed E-state index contributed by atoms with van der Waals surface area (Å²) in [5.74, 6) is 0.103. The molecule has 0 aliphatic carbocycles. The highest BCUT2D eigenvalue weighted by atomic mass is 32.2. The summed E-state index contributed by atoms with van der Waals surface area (Å²) in [5, 5.41) is 2.79. The predicted molar refractivity (Wildman–Crippen MR) is 101 cm³/mol. The highest BCUT2D eigenvalue weighted by molar-refractivity contribution is 7.91. The van der Waals surface area contributed by atoms with Gasteiger partial charge in [0, 0.05) is 37.8 Å². The average molecular weight is 381 g/mol. The number of carbonyl (C=O) groups is 2. The van der Waals surface area contributed by atoms with Crippen LogP contribution in [-0.4, -0.2) is 62.1 Å². The third kappa shape index (κ3) is 4.97. The Morgan fingerprint density at radius 3 is 2.19 bits per heavy atom. The summed E-state index contributed by atoms with van der Waals surface area (Å²) in [6.45, 7) is 7.59. The van der Waals surface area contributed by atoms with Crippen LogP contribution in [-0.2, 0) is 14.6 Å². The molecule has 1 aliphatic heterocycles. The molecule has 144 valence electrons. The van der Waals surface area contributed by atoms with Crippen LogP contribution in [0.4, 0.5) is 10.5 Å². The number of sulfone groups is 1. The Hall–Kier alpha value is -2.09. The number of rotatable bonds is 4. The first kappa shape index (κ1) is 20.2. The fraction of sp³-hybridized carbons (Fsp3) is 0.556. The van der Waals surface area contributed by atoms with Gasteiger partial charge in [-0.25, -0.2) is 13.2 Å². The van der Waals surface area contributed by atoms with E-state index in [9.17, 15) is 18.0 Å². The Morgan fingerprint density at radius 1 is 1.04 bits per heavy atom. The van der Waals surface area contributed by atoms with Gasteiger partial charge in [0.05, 0.1) is 10.6 Å². The first-order valence-electron chi connectivity index (χ1n) is 8.92. The minimum absolute atomic E-state index is 0.0398. The molecule has 0 atom stereocenters. The van der Waals surface area contributed by atoms with Crippen molar-refractivity contribution in [2.75, 3.05) is 37.2 Å². The van der Waals surface area contributed by atoms with E-state index in [0.717, 1.165) is 6.42 Å². The van der Waals surface area contributed by atoms with Gasteiger partial charge in [-0.2, -0.15) is 0 Å². The van der Waals surface area contributed by atoms with Gasteiger partial charge in [0.25, 0.3) is 0 Å². The minimum atomic E-state index is -3.25. The van der Waals surface area contributed by atoms with Crippen molar-refractivity contribution in [1.82, 2.24) is 9.80 Å². The zero-order valence-corrected chi connectivity index (χ0v) is 16.4. The summed E-state index contributed by atoms with van der Waals surface area (Å²) in [5.41, 5.74) is 0.546. The van der Waals surface area contributed by atoms with E-state index < -0.39 is 9.84 Å². The van der Waals surface area contributed by atoms with E-state index in [1.54, 1.807) is 24.0 Å². The molecule has 0 unspecified atom stereocenters. The molecule has 3 amide bonds. The maximum Gasteiger partial charge on any atom is 0.321 e. The SMILES string of the molecule is CCS(=O)(=O)c1ccc(NC(=O)N2CCCN(C(=O)C(C)C)CC2)cc1. The highest BCUT2D eigenvalue weighted by Gasteiger charge is 2.23. The summed E-state index contributed by atoms with van der Waals surface area (Å²) in [6, 6.07) is 5.94. The fourth-order valence-electron chi connectivity index (χ4n) is 2.82. The van der Waals surface area contributed by atoms with E-state index in [2.05, 4.69) is 5.32 Å². The van der Waals surface area contributed by atoms with Crippen molar-refractivity contribution in [3.63, 3.8) is 0 Å². The third-order valence-corrected chi connectivity index (χ3v) is 6.18. The van der Waals surface area contributed by atoms with E-state index >= 15 is 0 Å². The highest BCUT2D eigenvalue weighted by Crippen LogP contribution is 2.16. The molecule has 1 aromatic carbocycles. The van der Waals surface area contributed by atoms with Gasteiger partial charge in [-0.05, 0) is 30.7 Å². The molecule has 1 saturated heterocycles. The maximum atomic E-state index is 12.5. The summed E-state index contributed by atoms with van der Waals surface area (Å²) >= 11 is 0. The molecule has 2 rings (SSSR count). The molecule has 8 heteroatoms. The molecule has 0 bridgehead atoms. The van der Waals surface area contributed by atoms with E-state index in [4.69, 9.17) is 0 Å². The van der Waals surface area contributed by atoms with E-state index in [-0.39, 0.29) is 28.5 Å². The smallest absolute Gasteiger partial charge is 0.321 e. The molecular weight excluding hydrogens is 354 g/mol. The molecule has 1 N–H and O–H groups in total. The van der Waals surface area contributed by atoms with E-state index in [1.807, 2.05) is 18.7 Å². The lowest BCUT2D eigenvalue weighted by Crippen LogP contribution is -2.40. The number of nitrogens with one attached hydrogen (secondary N) is 1. The van der Waals surface area contributed by atoms with Gasteiger partial charge in [0.2, 0.25) is 5.91 Å². The number of carbonyl (C=O) groups excluding carboxylic acids is 2. The van der Waals surface area contributed by atoms with E-state index in [0.29, 0.717) is 31.9 Å². The number of hydrogen-bond acceptors (Lipinski definition) is 4. The lowest BCUT2D eigenvalue weighted by molar-refractivity contribution is -0.134. The second kappa shape index (κ2) is 8.53. The third-order valence-electron chi connectivity index (χ3n) is 4.43. The second-order valence-corrected chi connectivity index (χ2v) is 8.96. The number of hydrogen-bond donors (Lipinski definition) is 1. The number of nitrogens with zero attached hydrogens (tertiary/aromatic N) is 2. The zero-order chi connectivity index (χ0) is 19.3. The van der Waals surface area contributed by atoms with Gasteiger partial charge in [0.1, 0.15) is 0 Å². The number of benzene rings is 1. The number of amides is 3. The molecule has 1 heterocycles. The van der Waals surface area contributed by atoms with Crippen LogP contribution < -0.4 is 5.32 Å². The number of anilines is 1. The van der Waals surface area contributed by atoms with Crippen molar-refractivity contribution in [3.8, 4) is 0 Å². The van der Waals surface area contributed by atoms with Gasteiger partial charge in [0.15, 0.2) is 9.84 Å². The van der Waals surface area contributed by atoms with Crippen molar-refractivity contribution >= 4 is 27.5 Å². The second-order valence-electron chi connectivity index (χ2n) is 6.68. The van der Waals surface area contributed by atoms with Crippen LogP contribution in [0, 0.1) is 5.92 Å². The minimum Gasteiger partial charge on any atom is -0.341 e. The van der Waals surface area contributed by atoms with Crippen molar-refractivity contribution in [2.45, 2.75) is 32.1 Å². The zero-order valence-electron chi connectivity index (χ0n) is 15.6. The molecule has 1 fully saturated rings. The Bertz CT molecular complexity index is 744. The molecule has 0 saturated carbocycles. The molecule has 0 aromatic heterocycles. The molecule has 26 heavy (non-hydrogen) atoms. The fourth-order valence-corrected chi connectivity index (χ4v) is 3.70. The van der Waals surface area contributed by atoms with Crippen LogP contribution in [0.1, 0.15) is 27.2 Å². The molecule has 1 aromatic rings. The molecule has 0 radical (unpaired) electrons. The van der Waals surface area contributed by atoms with Crippen LogP contribution in [0.3, 0.4) is 0 Å². The molecule has 0 spiro atoms. The lowest BCUT2D eigenvalue weighted by Gasteiger charge is -2.23. The summed E-state index contributed by atoms with van der Waals surface area (Å²) in [7, 11) is -3.25. The van der Waals surface area contributed by atoms with Crippen LogP contribution in [0.5, 0.6) is 0 Å².